The van der Waals surface area contributed by atoms with Crippen LogP contribution in [-0.4, -0.2) is 46.4 Å². The van der Waals surface area contributed by atoms with E-state index in [0.29, 0.717) is 40.8 Å². The zero-order chi connectivity index (χ0) is 25.7. The highest BCUT2D eigenvalue weighted by molar-refractivity contribution is 5.68. The Morgan fingerprint density at radius 1 is 1.05 bits per heavy atom. The number of hydrogen-bond donors (Lipinski definition) is 0. The third kappa shape index (κ3) is 4.28. The predicted octanol–water partition coefficient (Wildman–Crippen LogP) is 4.48. The Hall–Kier alpha value is -4.35. The molecule has 1 aromatic carbocycles. The van der Waals surface area contributed by atoms with Crippen molar-refractivity contribution in [1.29, 1.82) is 0 Å². The predicted molar refractivity (Wildman–Crippen MR) is 127 cm³/mol. The zero-order valence-corrected chi connectivity index (χ0v) is 19.9. The van der Waals surface area contributed by atoms with Gasteiger partial charge in [0.25, 0.3) is 0 Å². The highest BCUT2D eigenvalue weighted by Crippen LogP contribution is 2.44. The van der Waals surface area contributed by atoms with Crippen molar-refractivity contribution in [2.24, 2.45) is 7.05 Å². The maximum Gasteiger partial charge on any atom is 0.434 e. The molecule has 0 aliphatic heterocycles. The van der Waals surface area contributed by atoms with Gasteiger partial charge in [-0.25, -0.2) is 19.9 Å². The summed E-state index contributed by atoms with van der Waals surface area (Å²) in [5.74, 6) is 1.46. The van der Waals surface area contributed by atoms with E-state index < -0.39 is 11.9 Å². The van der Waals surface area contributed by atoms with Crippen molar-refractivity contribution in [3.63, 3.8) is 0 Å². The maximum atomic E-state index is 13.0. The number of benzene rings is 1. The van der Waals surface area contributed by atoms with E-state index in [-0.39, 0.29) is 5.82 Å². The lowest BCUT2D eigenvalue weighted by atomic mass is 10.0. The number of imidazole rings is 1. The average Bonchev–Trinajstić information content (AvgIpc) is 3.51. The van der Waals surface area contributed by atoms with E-state index in [1.165, 1.54) is 15.5 Å². The van der Waals surface area contributed by atoms with Crippen molar-refractivity contribution < 1.29 is 17.9 Å². The number of nitrogens with zero attached hydrogens (tertiary/aromatic N) is 8. The number of halogens is 3. The molecule has 5 aromatic rings. The molecule has 1 aliphatic rings. The summed E-state index contributed by atoms with van der Waals surface area (Å²) >= 11 is 0. The van der Waals surface area contributed by atoms with Gasteiger partial charge in [-0.3, -0.25) is 0 Å². The molecule has 9 nitrogen and oxygen atoms in total. The minimum absolute atomic E-state index is 0.248. The Bertz CT molecular complexity index is 1600. The fourth-order valence-electron chi connectivity index (χ4n) is 4.37. The van der Waals surface area contributed by atoms with Gasteiger partial charge in [-0.15, -0.1) is 9.73 Å². The molecular weight excluding hydrogens is 485 g/mol. The highest BCUT2D eigenvalue weighted by atomic mass is 19.4. The molecule has 12 heteroatoms. The van der Waals surface area contributed by atoms with Crippen LogP contribution in [0.5, 0.6) is 5.88 Å². The summed E-state index contributed by atoms with van der Waals surface area (Å²) in [6.45, 7) is 0. The number of ether oxygens (including phenoxy) is 1. The fourth-order valence-corrected chi connectivity index (χ4v) is 4.37. The van der Waals surface area contributed by atoms with Crippen molar-refractivity contribution in [2.45, 2.75) is 31.4 Å². The first-order valence-electron chi connectivity index (χ1n) is 11.6. The molecule has 1 aliphatic carbocycles. The summed E-state index contributed by atoms with van der Waals surface area (Å²) < 4.78 is 47.5. The molecule has 0 radical (unpaired) electrons. The Morgan fingerprint density at radius 3 is 2.51 bits per heavy atom. The molecule has 4 aromatic heterocycles. The second-order valence-electron chi connectivity index (χ2n) is 8.95. The largest absolute Gasteiger partial charge is 0.480 e. The Balaban J connectivity index is 1.32. The summed E-state index contributed by atoms with van der Waals surface area (Å²) in [6.07, 6.45) is 2.27. The van der Waals surface area contributed by atoms with Crippen LogP contribution in [0.25, 0.3) is 28.4 Å². The Morgan fingerprint density at radius 2 is 1.84 bits per heavy atom. The smallest absolute Gasteiger partial charge is 0.434 e. The number of rotatable bonds is 6. The van der Waals surface area contributed by atoms with Gasteiger partial charge in [0.2, 0.25) is 5.88 Å². The summed E-state index contributed by atoms with van der Waals surface area (Å²) in [7, 11) is 3.10. The maximum absolute atomic E-state index is 13.0. The second-order valence-corrected chi connectivity index (χ2v) is 8.95. The monoisotopic (exact) mass is 506 g/mol. The first kappa shape index (κ1) is 23.1. The standard InChI is InChI=1S/C25H21F3N8O/c1-35-12-18(25(26,27)28)32-22(35)16-5-3-14(4-6-16)11-17-9-10-31-36-23(17)33-21(34-36)19-20(15-7-8-15)29-13-30-24(19)37-2/h3-6,9-10,12-13,15H,7-8,11H2,1-2H3. The van der Waals surface area contributed by atoms with Crippen molar-refractivity contribution in [1.82, 2.24) is 39.3 Å². The van der Waals surface area contributed by atoms with E-state index in [0.717, 1.165) is 35.9 Å². The fraction of sp³-hybridized carbons (Fsp3) is 0.280. The third-order valence-electron chi connectivity index (χ3n) is 6.33. The van der Waals surface area contributed by atoms with E-state index in [9.17, 15) is 13.2 Å². The van der Waals surface area contributed by atoms with Gasteiger partial charge in [0.1, 0.15) is 17.7 Å². The molecule has 37 heavy (non-hydrogen) atoms. The number of hydrogen-bond acceptors (Lipinski definition) is 7. The zero-order valence-electron chi connectivity index (χ0n) is 19.9. The van der Waals surface area contributed by atoms with Crippen LogP contribution in [0.4, 0.5) is 13.2 Å². The van der Waals surface area contributed by atoms with Crippen LogP contribution in [0.3, 0.4) is 0 Å². The normalized spacial score (nSPS) is 13.9. The van der Waals surface area contributed by atoms with Crippen LogP contribution >= 0.6 is 0 Å². The molecule has 0 bridgehead atoms. The topological polar surface area (TPSA) is 95.9 Å². The molecule has 0 unspecified atom stereocenters. The second kappa shape index (κ2) is 8.64. The van der Waals surface area contributed by atoms with Crippen LogP contribution in [0.15, 0.2) is 49.1 Å². The quantitative estimate of drug-likeness (QED) is 0.335. The van der Waals surface area contributed by atoms with Gasteiger partial charge in [-0.1, -0.05) is 24.3 Å². The number of aryl methyl sites for hydroxylation is 1. The van der Waals surface area contributed by atoms with Gasteiger partial charge in [0.05, 0.1) is 19.0 Å². The number of fused-ring (bicyclic) bond motifs is 1. The molecule has 0 spiro atoms. The van der Waals surface area contributed by atoms with E-state index in [1.54, 1.807) is 32.5 Å². The van der Waals surface area contributed by atoms with Gasteiger partial charge < -0.3 is 9.30 Å². The van der Waals surface area contributed by atoms with Crippen molar-refractivity contribution in [3.8, 4) is 28.7 Å². The van der Waals surface area contributed by atoms with E-state index in [2.05, 4.69) is 25.1 Å². The van der Waals surface area contributed by atoms with Gasteiger partial charge in [-0.2, -0.15) is 18.3 Å². The highest BCUT2D eigenvalue weighted by Gasteiger charge is 2.34. The molecule has 6 rings (SSSR count). The van der Waals surface area contributed by atoms with Gasteiger partial charge in [-0.05, 0) is 24.5 Å². The van der Waals surface area contributed by atoms with E-state index in [1.807, 2.05) is 18.2 Å². The Labute approximate surface area is 209 Å². The number of aromatic nitrogens is 8. The summed E-state index contributed by atoms with van der Waals surface area (Å²) in [5, 5.41) is 8.90. The first-order chi connectivity index (χ1) is 17.8. The van der Waals surface area contributed by atoms with Crippen molar-refractivity contribution in [2.75, 3.05) is 7.11 Å². The van der Waals surface area contributed by atoms with Crippen LogP contribution in [0.2, 0.25) is 0 Å². The molecule has 0 amide bonds. The van der Waals surface area contributed by atoms with Gasteiger partial charge >= 0.3 is 6.18 Å². The van der Waals surface area contributed by atoms with Gasteiger partial charge in [0, 0.05) is 36.7 Å². The van der Waals surface area contributed by atoms with E-state index >= 15 is 0 Å². The minimum Gasteiger partial charge on any atom is -0.480 e. The molecule has 188 valence electrons. The Kier molecular flexibility index (Phi) is 5.39. The lowest BCUT2D eigenvalue weighted by Gasteiger charge is -2.08. The molecule has 0 atom stereocenters. The molecular formula is C25H21F3N8O. The lowest BCUT2D eigenvalue weighted by molar-refractivity contribution is -0.140. The minimum atomic E-state index is -4.49. The summed E-state index contributed by atoms with van der Waals surface area (Å²) in [4.78, 5) is 17.3. The third-order valence-corrected chi connectivity index (χ3v) is 6.33. The molecule has 0 N–H and O–H groups in total. The van der Waals surface area contributed by atoms with Crippen molar-refractivity contribution >= 4 is 5.65 Å². The van der Waals surface area contributed by atoms with E-state index in [4.69, 9.17) is 9.72 Å². The summed E-state index contributed by atoms with van der Waals surface area (Å²) in [6, 6.07) is 9.13. The van der Waals surface area contributed by atoms with Crippen molar-refractivity contribution in [3.05, 3.63) is 71.6 Å². The molecule has 1 fully saturated rings. The number of alkyl halides is 3. The summed E-state index contributed by atoms with van der Waals surface area (Å²) in [5.41, 5.74) is 3.67. The van der Waals surface area contributed by atoms with Crippen LogP contribution < -0.4 is 4.74 Å². The first-order valence-corrected chi connectivity index (χ1v) is 11.6. The molecule has 4 heterocycles. The SMILES string of the molecule is COc1ncnc(C2CC2)c1-c1nc2c(Cc3ccc(-c4nc(C(F)(F)F)cn4C)cc3)ccnn2n1. The van der Waals surface area contributed by atoms with Crippen LogP contribution in [-0.2, 0) is 19.6 Å². The number of methoxy groups -OCH3 is 1. The van der Waals surface area contributed by atoms with Crippen LogP contribution in [0, 0.1) is 0 Å². The molecule has 0 saturated heterocycles. The lowest BCUT2D eigenvalue weighted by Crippen LogP contribution is -2.04. The average molecular weight is 506 g/mol. The molecule has 1 saturated carbocycles. The van der Waals surface area contributed by atoms with Gasteiger partial charge in [0.15, 0.2) is 17.2 Å². The van der Waals surface area contributed by atoms with Crippen LogP contribution in [0.1, 0.15) is 41.3 Å².